The predicted molar refractivity (Wildman–Crippen MR) is 157 cm³/mol. The molecular weight excluding hydrogens is 661 g/mol. The van der Waals surface area contributed by atoms with E-state index in [-0.39, 0.29) is 25.7 Å². The van der Waals surface area contributed by atoms with E-state index in [1.165, 1.54) is 16.9 Å². The van der Waals surface area contributed by atoms with Crippen LogP contribution in [0, 0.1) is 25.9 Å². The van der Waals surface area contributed by atoms with E-state index >= 15 is 0 Å². The molecule has 0 amide bonds. The third kappa shape index (κ3) is 5.86. The minimum atomic E-state index is -2.16. The first-order chi connectivity index (χ1) is 19.0. The van der Waals surface area contributed by atoms with Gasteiger partial charge in [-0.3, -0.25) is 0 Å². The van der Waals surface area contributed by atoms with E-state index in [0.29, 0.717) is 5.69 Å². The maximum atomic E-state index is 7.52. The van der Waals surface area contributed by atoms with Crippen LogP contribution in [0.4, 0.5) is 0 Å². The van der Waals surface area contributed by atoms with Gasteiger partial charge in [-0.2, -0.15) is 0 Å². The van der Waals surface area contributed by atoms with Crippen LogP contribution < -0.4 is 5.19 Å². The molecule has 0 N–H and O–H groups in total. The minimum absolute atomic E-state index is 0. The standard InChI is InChI=1S/C21H20NOSi.C12H10N.Ir/c1-14-9-11-17(22-13-14)15-10-12-19(24(2,3)4)20-16-7-5-6-8-18(16)23-21(15)20;1-10-7-8-12(13-9-10)11-5-3-2-4-6-11;/h5-9,11-13H,1-4H3;2-5,7-9H,1H3;/q2*-1;/i1D3;;. The number of rotatable bonds is 3. The zero-order valence-electron chi connectivity index (χ0n) is 24.8. The van der Waals surface area contributed by atoms with Crippen molar-refractivity contribution in [1.29, 1.82) is 0 Å². The fourth-order valence-corrected chi connectivity index (χ4v) is 5.78. The number of pyridine rings is 2. The van der Waals surface area contributed by atoms with Gasteiger partial charge in [-0.25, -0.2) is 0 Å². The van der Waals surface area contributed by atoms with Crippen LogP contribution in [0.5, 0.6) is 0 Å². The second-order valence-corrected chi connectivity index (χ2v) is 15.1. The normalized spacial score (nSPS) is 12.6. The van der Waals surface area contributed by atoms with Gasteiger partial charge in [-0.1, -0.05) is 73.1 Å². The molecular formula is C33H30IrN2OSi-2. The Morgan fingerprint density at radius 1 is 0.816 bits per heavy atom. The summed E-state index contributed by atoms with van der Waals surface area (Å²) in [5.41, 5.74) is 6.46. The molecule has 6 rings (SSSR count). The molecule has 3 aromatic heterocycles. The summed E-state index contributed by atoms with van der Waals surface area (Å²) in [6.07, 6.45) is 3.28. The van der Waals surface area contributed by atoms with Gasteiger partial charge in [-0.15, -0.1) is 53.2 Å². The first-order valence-electron chi connectivity index (χ1n) is 13.8. The van der Waals surface area contributed by atoms with Crippen LogP contribution in [0.15, 0.2) is 95.7 Å². The molecule has 5 heteroatoms. The van der Waals surface area contributed by atoms with Crippen LogP contribution in [0.1, 0.15) is 15.2 Å². The van der Waals surface area contributed by atoms with Crippen molar-refractivity contribution < 1.29 is 28.6 Å². The zero-order valence-corrected chi connectivity index (χ0v) is 25.2. The molecule has 0 aliphatic rings. The number of hydrogen-bond donors (Lipinski definition) is 0. The summed E-state index contributed by atoms with van der Waals surface area (Å²) in [6, 6.07) is 31.9. The molecule has 0 saturated heterocycles. The molecule has 0 spiro atoms. The van der Waals surface area contributed by atoms with Crippen molar-refractivity contribution in [2.75, 3.05) is 0 Å². The Labute approximate surface area is 243 Å². The molecule has 3 nitrogen and oxygen atoms in total. The minimum Gasteiger partial charge on any atom is -0.501 e. The molecule has 1 radical (unpaired) electrons. The second-order valence-electron chi connectivity index (χ2n) is 10.1. The van der Waals surface area contributed by atoms with Gasteiger partial charge in [0.2, 0.25) is 0 Å². The van der Waals surface area contributed by atoms with Gasteiger partial charge in [0.15, 0.2) is 0 Å². The van der Waals surface area contributed by atoms with Crippen molar-refractivity contribution in [3.8, 4) is 22.5 Å². The molecule has 0 bridgehead atoms. The summed E-state index contributed by atoms with van der Waals surface area (Å²) < 4.78 is 28.8. The number of furan rings is 1. The second kappa shape index (κ2) is 11.6. The maximum absolute atomic E-state index is 7.52. The zero-order chi connectivity index (χ0) is 28.5. The Morgan fingerprint density at radius 2 is 1.53 bits per heavy atom. The third-order valence-electron chi connectivity index (χ3n) is 6.18. The molecule has 3 aromatic carbocycles. The number of hydrogen-bond acceptors (Lipinski definition) is 3. The first kappa shape index (κ1) is 23.7. The smallest absolute Gasteiger partial charge is 0.120 e. The monoisotopic (exact) mass is 694 g/mol. The van der Waals surface area contributed by atoms with Crippen LogP contribution in [0.2, 0.25) is 19.6 Å². The molecule has 38 heavy (non-hydrogen) atoms. The van der Waals surface area contributed by atoms with Crippen LogP contribution in [-0.4, -0.2) is 18.0 Å². The molecule has 193 valence electrons. The van der Waals surface area contributed by atoms with Crippen molar-refractivity contribution in [3.63, 3.8) is 0 Å². The summed E-state index contributed by atoms with van der Waals surface area (Å²) in [6.45, 7) is 6.79. The molecule has 0 saturated carbocycles. The third-order valence-corrected chi connectivity index (χ3v) is 8.19. The summed E-state index contributed by atoms with van der Waals surface area (Å²) in [4.78, 5) is 8.70. The van der Waals surface area contributed by atoms with Crippen molar-refractivity contribution in [3.05, 3.63) is 115 Å². The molecule has 0 atom stereocenters. The number of nitrogens with zero attached hydrogens (tertiary/aromatic N) is 2. The summed E-state index contributed by atoms with van der Waals surface area (Å²) in [7, 11) is -1.62. The van der Waals surface area contributed by atoms with E-state index in [9.17, 15) is 0 Å². The van der Waals surface area contributed by atoms with Gasteiger partial charge in [0, 0.05) is 50.1 Å². The topological polar surface area (TPSA) is 38.9 Å². The van der Waals surface area contributed by atoms with Gasteiger partial charge in [0.05, 0.1) is 5.58 Å². The van der Waals surface area contributed by atoms with E-state index in [2.05, 4.69) is 59.9 Å². The van der Waals surface area contributed by atoms with E-state index in [4.69, 9.17) is 8.53 Å². The first-order valence-corrected chi connectivity index (χ1v) is 15.8. The van der Waals surface area contributed by atoms with Gasteiger partial charge < -0.3 is 14.4 Å². The largest absolute Gasteiger partial charge is 0.501 e. The van der Waals surface area contributed by atoms with Gasteiger partial charge in [-0.05, 0) is 42.4 Å². The van der Waals surface area contributed by atoms with E-state index in [1.54, 1.807) is 12.1 Å². The average molecular weight is 694 g/mol. The van der Waals surface area contributed by atoms with E-state index in [0.717, 1.165) is 38.8 Å². The SMILES string of the molecule is Cc1ccc(-c2[c-]cccc2)nc1.[2H]C([2H])([2H])c1ccc(-c2[c-]cc([Si](C)(C)C)c3c2oc2ccccc23)nc1.[Ir]. The summed E-state index contributed by atoms with van der Waals surface area (Å²) >= 11 is 0. The summed E-state index contributed by atoms with van der Waals surface area (Å²) in [5, 5.41) is 3.52. The Hall–Kier alpha value is -3.37. The molecule has 0 fully saturated rings. The fraction of sp³-hybridized carbons (Fsp3) is 0.152. The number of benzene rings is 3. The molecule has 0 unspecified atom stereocenters. The van der Waals surface area contributed by atoms with Crippen molar-refractivity contribution in [1.82, 2.24) is 9.97 Å². The Balaban J connectivity index is 0.000000233. The number of aromatic nitrogens is 2. The Bertz CT molecular complexity index is 1760. The summed E-state index contributed by atoms with van der Waals surface area (Å²) in [5.74, 6) is 0. The van der Waals surface area contributed by atoms with Gasteiger partial charge in [0.25, 0.3) is 0 Å². The van der Waals surface area contributed by atoms with Crippen LogP contribution in [-0.2, 0) is 20.1 Å². The predicted octanol–water partition coefficient (Wildman–Crippen LogP) is 8.16. The van der Waals surface area contributed by atoms with Crippen LogP contribution in [0.3, 0.4) is 0 Å². The van der Waals surface area contributed by atoms with Gasteiger partial charge >= 0.3 is 0 Å². The van der Waals surface area contributed by atoms with Crippen LogP contribution >= 0.6 is 0 Å². The number of para-hydroxylation sites is 1. The van der Waals surface area contributed by atoms with Crippen molar-refractivity contribution in [2.45, 2.75) is 33.4 Å². The molecule has 0 aliphatic carbocycles. The quantitative estimate of drug-likeness (QED) is 0.139. The number of fused-ring (bicyclic) bond motifs is 3. The average Bonchev–Trinajstić information content (AvgIpc) is 3.32. The van der Waals surface area contributed by atoms with Crippen molar-refractivity contribution >= 4 is 35.2 Å². The molecule has 3 heterocycles. The van der Waals surface area contributed by atoms with Gasteiger partial charge in [0.1, 0.15) is 5.58 Å². The van der Waals surface area contributed by atoms with Crippen molar-refractivity contribution in [2.24, 2.45) is 0 Å². The van der Waals surface area contributed by atoms with Crippen LogP contribution in [0.25, 0.3) is 44.5 Å². The van der Waals surface area contributed by atoms with E-state index in [1.807, 2.05) is 61.7 Å². The number of aryl methyl sites for hydroxylation is 2. The Morgan fingerprint density at radius 3 is 2.18 bits per heavy atom. The maximum Gasteiger partial charge on any atom is 0.120 e. The fourth-order valence-electron chi connectivity index (χ4n) is 4.27. The van der Waals surface area contributed by atoms with E-state index < -0.39 is 14.9 Å². The Kier molecular flexibility index (Phi) is 7.22. The molecule has 0 aliphatic heterocycles. The molecule has 6 aromatic rings.